The molecule has 0 aliphatic rings. The van der Waals surface area contributed by atoms with Crippen LogP contribution in [0.25, 0.3) is 0 Å². The highest BCUT2D eigenvalue weighted by Gasteiger charge is 2.06. The molecule has 4 heteroatoms. The zero-order valence-corrected chi connectivity index (χ0v) is 13.4. The lowest BCUT2D eigenvalue weighted by atomic mass is 10.1. The average molecular weight is 293 g/mol. The summed E-state index contributed by atoms with van der Waals surface area (Å²) >= 11 is 0. The van der Waals surface area contributed by atoms with E-state index in [1.807, 2.05) is 25.1 Å². The fourth-order valence-corrected chi connectivity index (χ4v) is 2.26. The maximum Gasteiger partial charge on any atom is 0.305 e. The highest BCUT2D eigenvalue weighted by molar-refractivity contribution is 5.69. The number of esters is 1. The Kier molecular flexibility index (Phi) is 8.51. The Morgan fingerprint density at radius 1 is 1.19 bits per heavy atom. The standard InChI is InChI=1S/C17H27NO3/c1-4-21-17(19)12-6-5-9-13-18(2)14-15-10-7-8-11-16(15)20-3/h7-8,10-11H,4-6,9,12-14H2,1-3H3. The molecule has 0 saturated carbocycles. The first kappa shape index (κ1) is 17.5. The Labute approximate surface area is 128 Å². The van der Waals surface area contributed by atoms with E-state index in [0.717, 1.165) is 38.1 Å². The van der Waals surface area contributed by atoms with Crippen LogP contribution in [0.1, 0.15) is 38.2 Å². The second-order valence-corrected chi connectivity index (χ2v) is 5.17. The van der Waals surface area contributed by atoms with E-state index in [1.165, 1.54) is 5.56 Å². The van der Waals surface area contributed by atoms with Crippen molar-refractivity contribution in [3.05, 3.63) is 29.8 Å². The molecule has 0 radical (unpaired) electrons. The van der Waals surface area contributed by atoms with Crippen molar-refractivity contribution < 1.29 is 14.3 Å². The molecule has 0 N–H and O–H groups in total. The minimum Gasteiger partial charge on any atom is -0.496 e. The minimum absolute atomic E-state index is 0.0834. The van der Waals surface area contributed by atoms with E-state index in [-0.39, 0.29) is 5.97 Å². The number of para-hydroxylation sites is 1. The van der Waals surface area contributed by atoms with Crippen LogP contribution < -0.4 is 4.74 Å². The number of benzene rings is 1. The Morgan fingerprint density at radius 2 is 1.95 bits per heavy atom. The van der Waals surface area contributed by atoms with Crippen molar-refractivity contribution in [3.63, 3.8) is 0 Å². The lowest BCUT2D eigenvalue weighted by Crippen LogP contribution is -2.19. The van der Waals surface area contributed by atoms with Gasteiger partial charge in [0.15, 0.2) is 0 Å². The summed E-state index contributed by atoms with van der Waals surface area (Å²) in [6, 6.07) is 8.10. The largest absolute Gasteiger partial charge is 0.496 e. The summed E-state index contributed by atoms with van der Waals surface area (Å²) in [7, 11) is 3.81. The van der Waals surface area contributed by atoms with Gasteiger partial charge in [0.1, 0.15) is 5.75 Å². The van der Waals surface area contributed by atoms with Crippen molar-refractivity contribution in [2.75, 3.05) is 27.3 Å². The van der Waals surface area contributed by atoms with E-state index in [9.17, 15) is 4.79 Å². The van der Waals surface area contributed by atoms with E-state index in [2.05, 4.69) is 18.0 Å². The molecule has 0 heterocycles. The predicted molar refractivity (Wildman–Crippen MR) is 84.4 cm³/mol. The second-order valence-electron chi connectivity index (χ2n) is 5.17. The van der Waals surface area contributed by atoms with Crippen molar-refractivity contribution in [1.82, 2.24) is 4.90 Å². The van der Waals surface area contributed by atoms with E-state index < -0.39 is 0 Å². The summed E-state index contributed by atoms with van der Waals surface area (Å²) < 4.78 is 10.3. The fourth-order valence-electron chi connectivity index (χ4n) is 2.26. The first-order chi connectivity index (χ1) is 10.2. The first-order valence-corrected chi connectivity index (χ1v) is 7.63. The van der Waals surface area contributed by atoms with E-state index in [1.54, 1.807) is 7.11 Å². The molecule has 0 fully saturated rings. The second kappa shape index (κ2) is 10.2. The number of ether oxygens (including phenoxy) is 2. The normalized spacial score (nSPS) is 10.7. The smallest absolute Gasteiger partial charge is 0.305 e. The number of methoxy groups -OCH3 is 1. The molecule has 118 valence electrons. The van der Waals surface area contributed by atoms with Crippen LogP contribution in [0.4, 0.5) is 0 Å². The maximum atomic E-state index is 11.2. The molecule has 1 aromatic rings. The van der Waals surface area contributed by atoms with Crippen molar-refractivity contribution >= 4 is 5.97 Å². The van der Waals surface area contributed by atoms with Crippen LogP contribution in [0.2, 0.25) is 0 Å². The first-order valence-electron chi connectivity index (χ1n) is 7.63. The molecule has 0 aromatic heterocycles. The van der Waals surface area contributed by atoms with Gasteiger partial charge in [-0.2, -0.15) is 0 Å². The molecule has 0 saturated heterocycles. The number of unbranched alkanes of at least 4 members (excludes halogenated alkanes) is 2. The maximum absolute atomic E-state index is 11.2. The molecule has 1 rings (SSSR count). The van der Waals surface area contributed by atoms with Crippen LogP contribution in [0.15, 0.2) is 24.3 Å². The van der Waals surface area contributed by atoms with Crippen molar-refractivity contribution in [2.45, 2.75) is 39.2 Å². The van der Waals surface area contributed by atoms with Crippen LogP contribution >= 0.6 is 0 Å². The van der Waals surface area contributed by atoms with Gasteiger partial charge in [0, 0.05) is 18.5 Å². The minimum atomic E-state index is -0.0834. The number of hydrogen-bond donors (Lipinski definition) is 0. The molecule has 0 aliphatic carbocycles. The summed E-state index contributed by atoms with van der Waals surface area (Å²) in [4.78, 5) is 13.5. The highest BCUT2D eigenvalue weighted by Crippen LogP contribution is 2.18. The third-order valence-corrected chi connectivity index (χ3v) is 3.36. The molecule has 0 amide bonds. The molecular formula is C17H27NO3. The third-order valence-electron chi connectivity index (χ3n) is 3.36. The predicted octanol–water partition coefficient (Wildman–Crippen LogP) is 3.25. The molecule has 0 unspecified atom stereocenters. The van der Waals surface area contributed by atoms with E-state index in [4.69, 9.17) is 9.47 Å². The summed E-state index contributed by atoms with van der Waals surface area (Å²) in [5, 5.41) is 0. The average Bonchev–Trinajstić information content (AvgIpc) is 2.47. The van der Waals surface area contributed by atoms with Crippen LogP contribution in [0.5, 0.6) is 5.75 Å². The molecule has 0 aliphatic heterocycles. The van der Waals surface area contributed by atoms with Gasteiger partial charge >= 0.3 is 5.97 Å². The van der Waals surface area contributed by atoms with Crippen LogP contribution in [0, 0.1) is 0 Å². The number of carbonyl (C=O) groups excluding carboxylic acids is 1. The monoisotopic (exact) mass is 293 g/mol. The Balaban J connectivity index is 2.19. The van der Waals surface area contributed by atoms with Crippen LogP contribution in [-0.4, -0.2) is 38.2 Å². The molecule has 21 heavy (non-hydrogen) atoms. The van der Waals surface area contributed by atoms with Crippen LogP contribution in [0.3, 0.4) is 0 Å². The van der Waals surface area contributed by atoms with Gasteiger partial charge in [-0.3, -0.25) is 4.79 Å². The van der Waals surface area contributed by atoms with Gasteiger partial charge in [0.25, 0.3) is 0 Å². The van der Waals surface area contributed by atoms with Gasteiger partial charge in [-0.15, -0.1) is 0 Å². The number of carbonyl (C=O) groups is 1. The Hall–Kier alpha value is -1.55. The van der Waals surface area contributed by atoms with Gasteiger partial charge in [-0.05, 0) is 39.4 Å². The molecular weight excluding hydrogens is 266 g/mol. The zero-order chi connectivity index (χ0) is 15.5. The van der Waals surface area contributed by atoms with Gasteiger partial charge in [-0.1, -0.05) is 24.6 Å². The third kappa shape index (κ3) is 7.14. The molecule has 1 aromatic carbocycles. The van der Waals surface area contributed by atoms with E-state index in [0.29, 0.717) is 13.0 Å². The van der Waals surface area contributed by atoms with E-state index >= 15 is 0 Å². The Bertz CT molecular complexity index is 420. The fraction of sp³-hybridized carbons (Fsp3) is 0.588. The number of nitrogens with zero attached hydrogens (tertiary/aromatic N) is 1. The summed E-state index contributed by atoms with van der Waals surface area (Å²) in [5.74, 6) is 0.853. The topological polar surface area (TPSA) is 38.8 Å². The van der Waals surface area contributed by atoms with Gasteiger partial charge < -0.3 is 14.4 Å². The molecule has 0 atom stereocenters. The van der Waals surface area contributed by atoms with Gasteiger partial charge in [0.2, 0.25) is 0 Å². The van der Waals surface area contributed by atoms with Gasteiger partial charge in [0.05, 0.1) is 13.7 Å². The molecule has 0 bridgehead atoms. The highest BCUT2D eigenvalue weighted by atomic mass is 16.5. The van der Waals surface area contributed by atoms with Crippen molar-refractivity contribution in [2.24, 2.45) is 0 Å². The molecule has 0 spiro atoms. The number of hydrogen-bond acceptors (Lipinski definition) is 4. The number of rotatable bonds is 10. The lowest BCUT2D eigenvalue weighted by molar-refractivity contribution is -0.143. The summed E-state index contributed by atoms with van der Waals surface area (Å²) in [6.45, 7) is 4.20. The molecule has 4 nitrogen and oxygen atoms in total. The summed E-state index contributed by atoms with van der Waals surface area (Å²) in [6.07, 6.45) is 3.57. The van der Waals surface area contributed by atoms with Crippen molar-refractivity contribution in [1.29, 1.82) is 0 Å². The van der Waals surface area contributed by atoms with Crippen LogP contribution in [-0.2, 0) is 16.1 Å². The zero-order valence-electron chi connectivity index (χ0n) is 13.4. The SMILES string of the molecule is CCOC(=O)CCCCCN(C)Cc1ccccc1OC. The Morgan fingerprint density at radius 3 is 2.67 bits per heavy atom. The summed E-state index contributed by atoms with van der Waals surface area (Å²) in [5.41, 5.74) is 1.20. The van der Waals surface area contributed by atoms with Gasteiger partial charge in [-0.25, -0.2) is 0 Å². The lowest BCUT2D eigenvalue weighted by Gasteiger charge is -2.18. The quantitative estimate of drug-likeness (QED) is 0.490. The van der Waals surface area contributed by atoms with Crippen molar-refractivity contribution in [3.8, 4) is 5.75 Å².